The molecular formula is C16H27N3S. The normalized spacial score (nSPS) is 13.1. The number of thiazole rings is 1. The monoisotopic (exact) mass is 293 g/mol. The highest BCUT2D eigenvalue weighted by Crippen LogP contribution is 2.15. The van der Waals surface area contributed by atoms with Gasteiger partial charge in [-0.2, -0.15) is 0 Å². The Morgan fingerprint density at radius 2 is 2.05 bits per heavy atom. The van der Waals surface area contributed by atoms with Crippen LogP contribution >= 0.6 is 11.3 Å². The van der Waals surface area contributed by atoms with Crippen LogP contribution in [0.2, 0.25) is 0 Å². The van der Waals surface area contributed by atoms with Gasteiger partial charge in [0.05, 0.1) is 5.69 Å². The summed E-state index contributed by atoms with van der Waals surface area (Å²) in [4.78, 5) is 5.78. The first-order valence-electron chi connectivity index (χ1n) is 7.91. The van der Waals surface area contributed by atoms with E-state index in [-0.39, 0.29) is 0 Å². The summed E-state index contributed by atoms with van der Waals surface area (Å²) in [6.45, 7) is 2.27. The zero-order valence-corrected chi connectivity index (χ0v) is 13.6. The van der Waals surface area contributed by atoms with Crippen LogP contribution in [0.25, 0.3) is 4.96 Å². The van der Waals surface area contributed by atoms with Crippen LogP contribution in [0.4, 0.5) is 0 Å². The Hall–Kier alpha value is -0.870. The number of unbranched alkanes of at least 4 members (excludes halogenated alkanes) is 5. The molecule has 2 aromatic heterocycles. The Labute approximate surface area is 126 Å². The molecule has 2 aromatic rings. The molecular weight excluding hydrogens is 266 g/mol. The quantitative estimate of drug-likeness (QED) is 0.663. The molecule has 3 nitrogen and oxygen atoms in total. The minimum Gasteiger partial charge on any atom is -0.317 e. The number of aromatic nitrogens is 2. The van der Waals surface area contributed by atoms with Gasteiger partial charge < -0.3 is 5.32 Å². The van der Waals surface area contributed by atoms with Crippen molar-refractivity contribution in [3.8, 4) is 0 Å². The van der Waals surface area contributed by atoms with Crippen molar-refractivity contribution in [1.82, 2.24) is 14.7 Å². The van der Waals surface area contributed by atoms with Crippen LogP contribution in [-0.4, -0.2) is 22.5 Å². The van der Waals surface area contributed by atoms with E-state index in [0.29, 0.717) is 6.04 Å². The van der Waals surface area contributed by atoms with Gasteiger partial charge in [0.1, 0.15) is 0 Å². The third-order valence-corrected chi connectivity index (χ3v) is 4.68. The molecule has 0 aromatic carbocycles. The SMILES string of the molecule is CCCCCCCCC(Cc1cn2ccsc2n1)NC. The first-order chi connectivity index (χ1) is 9.83. The van der Waals surface area contributed by atoms with Crippen molar-refractivity contribution in [3.05, 3.63) is 23.5 Å². The second-order valence-corrected chi connectivity index (χ2v) is 6.44. The van der Waals surface area contributed by atoms with Crippen LogP contribution in [0.1, 0.15) is 57.6 Å². The summed E-state index contributed by atoms with van der Waals surface area (Å²) in [5, 5.41) is 5.52. The highest BCUT2D eigenvalue weighted by atomic mass is 32.1. The van der Waals surface area contributed by atoms with E-state index in [0.717, 1.165) is 11.4 Å². The number of fused-ring (bicyclic) bond motifs is 1. The summed E-state index contributed by atoms with van der Waals surface area (Å²) in [6.07, 6.45) is 14.8. The first-order valence-corrected chi connectivity index (χ1v) is 8.79. The van der Waals surface area contributed by atoms with Gasteiger partial charge in [0.15, 0.2) is 4.96 Å². The Kier molecular flexibility index (Phi) is 6.54. The maximum absolute atomic E-state index is 4.67. The lowest BCUT2D eigenvalue weighted by molar-refractivity contribution is 0.477. The molecule has 2 heterocycles. The number of nitrogens with one attached hydrogen (secondary N) is 1. The predicted octanol–water partition coefficient (Wildman–Crippen LogP) is 4.28. The highest BCUT2D eigenvalue weighted by molar-refractivity contribution is 7.15. The Balaban J connectivity index is 1.70. The van der Waals surface area contributed by atoms with Crippen LogP contribution in [-0.2, 0) is 6.42 Å². The van der Waals surface area contributed by atoms with Crippen molar-refractivity contribution in [2.75, 3.05) is 7.05 Å². The molecule has 0 aliphatic carbocycles. The van der Waals surface area contributed by atoms with Crippen molar-refractivity contribution >= 4 is 16.3 Å². The van der Waals surface area contributed by atoms with E-state index in [1.807, 2.05) is 0 Å². The zero-order chi connectivity index (χ0) is 14.2. The summed E-state index contributed by atoms with van der Waals surface area (Å²) < 4.78 is 2.12. The molecule has 0 radical (unpaired) electrons. The van der Waals surface area contributed by atoms with Gasteiger partial charge in [-0.1, -0.05) is 45.4 Å². The molecule has 0 bridgehead atoms. The van der Waals surface area contributed by atoms with E-state index in [2.05, 4.69) is 46.4 Å². The average molecular weight is 293 g/mol. The van der Waals surface area contributed by atoms with Crippen LogP contribution in [0.15, 0.2) is 17.8 Å². The molecule has 0 aliphatic heterocycles. The number of rotatable bonds is 10. The smallest absolute Gasteiger partial charge is 0.193 e. The van der Waals surface area contributed by atoms with E-state index >= 15 is 0 Å². The fraction of sp³-hybridized carbons (Fsp3) is 0.688. The molecule has 0 aliphatic rings. The lowest BCUT2D eigenvalue weighted by Crippen LogP contribution is -2.27. The minimum atomic E-state index is 0.561. The van der Waals surface area contributed by atoms with Gasteiger partial charge in [-0.15, -0.1) is 11.3 Å². The summed E-state index contributed by atoms with van der Waals surface area (Å²) in [5.74, 6) is 0. The zero-order valence-electron chi connectivity index (χ0n) is 12.8. The topological polar surface area (TPSA) is 29.3 Å². The second-order valence-electron chi connectivity index (χ2n) is 5.57. The molecule has 1 atom stereocenters. The van der Waals surface area contributed by atoms with Crippen LogP contribution in [0.3, 0.4) is 0 Å². The largest absolute Gasteiger partial charge is 0.317 e. The lowest BCUT2D eigenvalue weighted by atomic mass is 10.0. The Morgan fingerprint density at radius 1 is 1.25 bits per heavy atom. The molecule has 1 N–H and O–H groups in total. The standard InChI is InChI=1S/C16H27N3S/c1-3-4-5-6-7-8-9-14(17-2)12-15-13-19-10-11-20-16(19)18-15/h10-11,13-14,17H,3-9,12H2,1-2H3. The fourth-order valence-corrected chi connectivity index (χ4v) is 3.37. The van der Waals surface area contributed by atoms with Crippen molar-refractivity contribution < 1.29 is 0 Å². The minimum absolute atomic E-state index is 0.561. The molecule has 20 heavy (non-hydrogen) atoms. The number of likely N-dealkylation sites (N-methyl/N-ethyl adjacent to an activating group) is 1. The maximum Gasteiger partial charge on any atom is 0.193 e. The van der Waals surface area contributed by atoms with Gasteiger partial charge in [0.2, 0.25) is 0 Å². The molecule has 0 amide bonds. The molecule has 4 heteroatoms. The molecule has 0 spiro atoms. The maximum atomic E-state index is 4.67. The van der Waals surface area contributed by atoms with E-state index in [1.165, 1.54) is 50.6 Å². The summed E-state index contributed by atoms with van der Waals surface area (Å²) in [7, 11) is 2.07. The van der Waals surface area contributed by atoms with Gasteiger partial charge in [-0.25, -0.2) is 4.98 Å². The van der Waals surface area contributed by atoms with E-state index in [9.17, 15) is 0 Å². The second kappa shape index (κ2) is 8.42. The number of hydrogen-bond donors (Lipinski definition) is 1. The van der Waals surface area contributed by atoms with Gasteiger partial charge >= 0.3 is 0 Å². The molecule has 0 saturated heterocycles. The van der Waals surface area contributed by atoms with Crippen molar-refractivity contribution in [2.24, 2.45) is 0 Å². The van der Waals surface area contributed by atoms with Gasteiger partial charge in [0, 0.05) is 30.2 Å². The van der Waals surface area contributed by atoms with Gasteiger partial charge in [-0.3, -0.25) is 4.40 Å². The third-order valence-electron chi connectivity index (χ3n) is 3.91. The lowest BCUT2D eigenvalue weighted by Gasteiger charge is -2.14. The predicted molar refractivity (Wildman–Crippen MR) is 87.6 cm³/mol. The highest BCUT2D eigenvalue weighted by Gasteiger charge is 2.10. The summed E-state index contributed by atoms with van der Waals surface area (Å²) >= 11 is 1.70. The van der Waals surface area contributed by atoms with Crippen LogP contribution in [0.5, 0.6) is 0 Å². The van der Waals surface area contributed by atoms with Gasteiger partial charge in [-0.05, 0) is 13.5 Å². The van der Waals surface area contributed by atoms with Crippen molar-refractivity contribution in [3.63, 3.8) is 0 Å². The molecule has 112 valence electrons. The third kappa shape index (κ3) is 4.60. The van der Waals surface area contributed by atoms with Crippen LogP contribution in [0, 0.1) is 0 Å². The number of nitrogens with zero attached hydrogens (tertiary/aromatic N) is 2. The van der Waals surface area contributed by atoms with E-state index < -0.39 is 0 Å². The molecule has 0 saturated carbocycles. The summed E-state index contributed by atoms with van der Waals surface area (Å²) in [5.41, 5.74) is 1.21. The van der Waals surface area contributed by atoms with Crippen LogP contribution < -0.4 is 5.32 Å². The number of hydrogen-bond acceptors (Lipinski definition) is 3. The molecule has 2 rings (SSSR count). The van der Waals surface area contributed by atoms with Gasteiger partial charge in [0.25, 0.3) is 0 Å². The van der Waals surface area contributed by atoms with Crippen molar-refractivity contribution in [2.45, 2.75) is 64.3 Å². The fourth-order valence-electron chi connectivity index (χ4n) is 2.65. The average Bonchev–Trinajstić information content (AvgIpc) is 3.02. The first kappa shape index (κ1) is 15.5. The number of imidazole rings is 1. The summed E-state index contributed by atoms with van der Waals surface area (Å²) in [6, 6.07) is 0.561. The molecule has 0 fully saturated rings. The Morgan fingerprint density at radius 3 is 2.80 bits per heavy atom. The molecule has 1 unspecified atom stereocenters. The Bertz CT molecular complexity index is 460. The van der Waals surface area contributed by atoms with E-state index in [4.69, 9.17) is 0 Å². The van der Waals surface area contributed by atoms with Crippen molar-refractivity contribution in [1.29, 1.82) is 0 Å². The van der Waals surface area contributed by atoms with E-state index in [1.54, 1.807) is 11.3 Å².